The predicted molar refractivity (Wildman–Crippen MR) is 461 cm³/mol. The van der Waals surface area contributed by atoms with Crippen molar-refractivity contribution in [2.75, 3.05) is 0 Å². The summed E-state index contributed by atoms with van der Waals surface area (Å²) in [5.74, 6) is 1.26. The van der Waals surface area contributed by atoms with Crippen LogP contribution in [-0.4, -0.2) is 95.2 Å². The maximum Gasteiger partial charge on any atom is 0.213 e. The third-order valence-corrected chi connectivity index (χ3v) is 16.3. The molecule has 6 N–H and O–H groups in total. The summed E-state index contributed by atoms with van der Waals surface area (Å²) in [4.78, 5) is 87.2. The molecule has 30 heteroatoms. The van der Waals surface area contributed by atoms with Crippen molar-refractivity contribution in [2.45, 2.75) is 83.1 Å². The minimum atomic E-state index is -0.125. The van der Waals surface area contributed by atoms with Gasteiger partial charge in [-0.3, -0.25) is 80.1 Å². The molecule has 18 aromatic rings. The van der Waals surface area contributed by atoms with E-state index in [2.05, 4.69) is 90.6 Å². The Morgan fingerprint density at radius 2 is 0.524 bits per heavy atom. The summed E-state index contributed by atoms with van der Waals surface area (Å²) in [6, 6.07) is 71.1. The third kappa shape index (κ3) is 29.4. The van der Waals surface area contributed by atoms with Crippen LogP contribution in [0.5, 0.6) is 0 Å². The number of carbonyl (C=O) groups is 6. The van der Waals surface area contributed by atoms with Crippen LogP contribution in [0.15, 0.2) is 280 Å². The second kappa shape index (κ2) is 50.4. The van der Waals surface area contributed by atoms with Crippen LogP contribution in [-0.2, 0) is 149 Å². The molecule has 24 nitrogen and oxygen atoms in total. The number of rotatable bonds is 9. The molecule has 0 aliphatic carbocycles. The number of hydrogen-bond donors (Lipinski definition) is 6. The van der Waals surface area contributed by atoms with Crippen molar-refractivity contribution in [1.82, 2.24) is 29.9 Å². The number of aromatic nitrogens is 6. The van der Waals surface area contributed by atoms with Gasteiger partial charge in [0.1, 0.15) is 50.2 Å². The normalized spacial score (nSPS) is 11.1. The Balaban J connectivity index is 0.000000318. The average molecular weight is 2760 g/mol. The van der Waals surface area contributed by atoms with E-state index in [-0.39, 0.29) is 190 Å². The maximum absolute atomic E-state index is 10.0. The molecule has 0 saturated carbocycles. The Hall–Kier alpha value is -11.8. The summed E-state index contributed by atoms with van der Waals surface area (Å²) < 4.78 is 36.0. The van der Waals surface area contributed by atoms with Crippen LogP contribution >= 0.6 is 0 Å². The largest absolute Gasteiger partial charge is 0.512 e. The summed E-state index contributed by atoms with van der Waals surface area (Å²) >= 11 is 0. The van der Waals surface area contributed by atoms with Crippen LogP contribution in [0.4, 0.5) is 0 Å². The number of furan rings is 6. The molecule has 0 spiro atoms. The van der Waals surface area contributed by atoms with Gasteiger partial charge in [-0.05, 0) is 149 Å². The Kier molecular flexibility index (Phi) is 42.6. The fraction of sp³-hybridized carbons (Fsp3) is 0.125. The van der Waals surface area contributed by atoms with E-state index in [0.717, 1.165) is 126 Å². The van der Waals surface area contributed by atoms with E-state index < -0.39 is 0 Å². The number of para-hydroxylation sites is 3. The molecule has 660 valence electrons. The number of ketones is 6. The van der Waals surface area contributed by atoms with Gasteiger partial charge in [-0.1, -0.05) is 54.6 Å². The van der Waals surface area contributed by atoms with Gasteiger partial charge in [0.05, 0.1) is 56.1 Å². The van der Waals surface area contributed by atoms with Crippen molar-refractivity contribution in [3.63, 3.8) is 0 Å². The Morgan fingerprint density at radius 3 is 0.857 bits per heavy atom. The third-order valence-electron chi connectivity index (χ3n) is 16.3. The zero-order chi connectivity index (χ0) is 86.4. The number of allylic oxidation sites excluding steroid dienone is 12. The minimum Gasteiger partial charge on any atom is -0.512 e. The van der Waals surface area contributed by atoms with E-state index in [1.54, 1.807) is 18.6 Å². The fourth-order valence-electron chi connectivity index (χ4n) is 12.0. The van der Waals surface area contributed by atoms with Gasteiger partial charge in [-0.25, -0.2) is 71.3 Å². The minimum absolute atomic E-state index is 0. The molecular formula is C96H78Ir6N6O18-6. The first kappa shape index (κ1) is 107. The van der Waals surface area contributed by atoms with E-state index in [9.17, 15) is 28.8 Å². The van der Waals surface area contributed by atoms with Gasteiger partial charge in [0, 0.05) is 225 Å². The molecule has 9 aromatic carbocycles. The molecule has 0 amide bonds. The van der Waals surface area contributed by atoms with Crippen LogP contribution in [0.3, 0.4) is 0 Å². The van der Waals surface area contributed by atoms with Crippen molar-refractivity contribution in [3.05, 3.63) is 290 Å². The van der Waals surface area contributed by atoms with Gasteiger partial charge in [0.2, 0.25) is 17.1 Å². The van der Waals surface area contributed by atoms with Gasteiger partial charge in [0.15, 0.2) is 34.7 Å². The van der Waals surface area contributed by atoms with Gasteiger partial charge in [0.25, 0.3) is 0 Å². The van der Waals surface area contributed by atoms with E-state index in [1.807, 2.05) is 140 Å². The maximum atomic E-state index is 10.0. The van der Waals surface area contributed by atoms with E-state index in [4.69, 9.17) is 57.1 Å². The fourth-order valence-corrected chi connectivity index (χ4v) is 12.0. The summed E-state index contributed by atoms with van der Waals surface area (Å²) in [7, 11) is 0. The molecule has 6 radical (unpaired) electrons. The zero-order valence-corrected chi connectivity index (χ0v) is 83.4. The molecule has 9 aromatic heterocycles. The smallest absolute Gasteiger partial charge is 0.213 e. The summed E-state index contributed by atoms with van der Waals surface area (Å²) in [5.41, 5.74) is 11.0. The summed E-state index contributed by atoms with van der Waals surface area (Å²) in [6.45, 7) is 17.1. The summed E-state index contributed by atoms with van der Waals surface area (Å²) in [6.07, 6.45) is 12.4. The van der Waals surface area contributed by atoms with Crippen molar-refractivity contribution in [3.8, 4) is 34.2 Å². The van der Waals surface area contributed by atoms with Crippen LogP contribution in [0.1, 0.15) is 83.1 Å². The molecular weight excluding hydrogens is 2680 g/mol. The molecule has 126 heavy (non-hydrogen) atoms. The Bertz CT molecular complexity index is 6740. The van der Waals surface area contributed by atoms with Crippen LogP contribution < -0.4 is 0 Å². The first-order valence-electron chi connectivity index (χ1n) is 36.8. The number of aliphatic hydroxyl groups excluding tert-OH is 6. The quantitative estimate of drug-likeness (QED) is 0.0444. The predicted octanol–water partition coefficient (Wildman–Crippen LogP) is 22.8. The number of hydrogen-bond acceptors (Lipinski definition) is 24. The molecule has 0 atom stereocenters. The van der Waals surface area contributed by atoms with Crippen molar-refractivity contribution >= 4 is 167 Å². The zero-order valence-electron chi connectivity index (χ0n) is 69.1. The van der Waals surface area contributed by atoms with Crippen LogP contribution in [0, 0.1) is 36.4 Å². The topological polar surface area (TPSA) is 380 Å². The van der Waals surface area contributed by atoms with E-state index in [0.29, 0.717) is 40.2 Å². The van der Waals surface area contributed by atoms with Gasteiger partial charge >= 0.3 is 0 Å². The van der Waals surface area contributed by atoms with Gasteiger partial charge in [-0.15, -0.1) is 0 Å². The molecule has 0 bridgehead atoms. The number of nitrogens with zero attached hydrogens (tertiary/aromatic N) is 6. The number of fused-ring (bicyclic) bond motifs is 19. The van der Waals surface area contributed by atoms with E-state index >= 15 is 0 Å². The van der Waals surface area contributed by atoms with Crippen LogP contribution in [0.2, 0.25) is 0 Å². The number of carbonyl (C=O) groups excluding carboxylic acids is 6. The monoisotopic (exact) mass is 2760 g/mol. The SMILES string of the molecule is CC(=O)C=C(C)O.CC(=O)C=C(C)O.CC(=O)C=C(C)O.CC(=O)C=C(C)O.CC(=O)C=C(C)O.CC(=O)C=C(C)O.[Ir].[Ir].[Ir].[Ir].[Ir].[Ir].[c-]1ccc[c-]c1-c1ncc2c(n1)oc1cc3c(cc12)oc1ccccc13.[c-]1ccc[c-]c1-c1ncc2c(n1)oc1cc3oc4ccccc4c3cc12.[c-]1ccc[c-]c1-c1ncc2c(n1)oc1ccc3c4ccccc4oc3c12. The first-order chi connectivity index (χ1) is 57.4. The number of aliphatic hydroxyl groups is 6. The van der Waals surface area contributed by atoms with Crippen molar-refractivity contribution < 1.29 is 207 Å². The molecule has 18 rings (SSSR count). The molecule has 0 aliphatic rings. The van der Waals surface area contributed by atoms with Gasteiger partial charge < -0.3 is 72.1 Å². The van der Waals surface area contributed by atoms with Gasteiger partial charge in [-0.2, -0.15) is 0 Å². The number of benzene rings is 9. The molecule has 0 saturated heterocycles. The Morgan fingerprint density at radius 1 is 0.262 bits per heavy atom. The van der Waals surface area contributed by atoms with Crippen molar-refractivity contribution in [2.24, 2.45) is 0 Å². The van der Waals surface area contributed by atoms with Crippen molar-refractivity contribution in [1.29, 1.82) is 0 Å². The first-order valence-corrected chi connectivity index (χ1v) is 36.8. The van der Waals surface area contributed by atoms with Crippen LogP contribution in [0.25, 0.3) is 166 Å². The molecule has 9 heterocycles. The standard InChI is InChI=1S/3C22H10N2O2.6C5H8O2.6Ir/c1-2-6-13(7-3-1)21-23-12-17-16-11-19-15(10-20(16)26-22(17)24-21)14-8-4-5-9-18(14)25-19;1-2-6-13(7-3-1)21-23-12-17-16-10-15-14-8-4-5-9-18(14)25-19(15)11-20(16)26-22(17)24-21;1-2-6-13(7-3-1)21-23-12-16-19-18(26-22(16)24-21)11-10-15-14-8-4-5-9-17(14)25-20(15)19;6*1-4(6)3-5(2)7;;;;;;/h3*1-5,8-12H;6*3,6H,1-2H3;;;;;;/q3*-2;;;;;;;;;;;;. The average Bonchev–Trinajstić information content (AvgIpc) is 1.59. The Labute approximate surface area is 802 Å². The summed E-state index contributed by atoms with van der Waals surface area (Å²) in [5, 5.41) is 62.0. The molecule has 0 aliphatic heterocycles. The van der Waals surface area contributed by atoms with E-state index in [1.165, 1.54) is 120 Å². The molecule has 0 fully saturated rings. The molecule has 0 unspecified atom stereocenters. The second-order valence-corrected chi connectivity index (χ2v) is 26.8. The second-order valence-electron chi connectivity index (χ2n) is 26.8.